The molecule has 150 valence electrons. The van der Waals surface area contributed by atoms with Gasteiger partial charge in [0.05, 0.1) is 0 Å². The SMILES string of the molecule is CCn1cc(C(=O)CCC(=O)N2CCC(c3ccccc3)CC2)c2ccccc21. The first-order valence-corrected chi connectivity index (χ1v) is 10.6. The zero-order valence-electron chi connectivity index (χ0n) is 17.0. The van der Waals surface area contributed by atoms with Gasteiger partial charge in [0.15, 0.2) is 5.78 Å². The van der Waals surface area contributed by atoms with Crippen molar-refractivity contribution in [3.8, 4) is 0 Å². The molecule has 3 aromatic rings. The first-order chi connectivity index (χ1) is 14.2. The molecule has 0 N–H and O–H groups in total. The van der Waals surface area contributed by atoms with Crippen LogP contribution in [0.5, 0.6) is 0 Å². The minimum absolute atomic E-state index is 0.0564. The number of likely N-dealkylation sites (tertiary alicyclic amines) is 1. The number of piperidine rings is 1. The summed E-state index contributed by atoms with van der Waals surface area (Å²) in [5, 5.41) is 0.982. The summed E-state index contributed by atoms with van der Waals surface area (Å²) in [5.41, 5.74) is 3.17. The van der Waals surface area contributed by atoms with Crippen molar-refractivity contribution < 1.29 is 9.59 Å². The molecular weight excluding hydrogens is 360 g/mol. The summed E-state index contributed by atoms with van der Waals surface area (Å²) in [7, 11) is 0. The van der Waals surface area contributed by atoms with E-state index in [9.17, 15) is 9.59 Å². The van der Waals surface area contributed by atoms with E-state index in [4.69, 9.17) is 0 Å². The van der Waals surface area contributed by atoms with Crippen LogP contribution in [0, 0.1) is 0 Å². The van der Waals surface area contributed by atoms with E-state index in [-0.39, 0.29) is 18.1 Å². The van der Waals surface area contributed by atoms with Crippen LogP contribution in [-0.2, 0) is 11.3 Å². The maximum Gasteiger partial charge on any atom is 0.223 e. The third kappa shape index (κ3) is 4.12. The molecule has 4 rings (SSSR count). The fourth-order valence-electron chi connectivity index (χ4n) is 4.43. The van der Waals surface area contributed by atoms with Gasteiger partial charge in [0.1, 0.15) is 0 Å². The maximum absolute atomic E-state index is 12.8. The van der Waals surface area contributed by atoms with Gasteiger partial charge in [-0.3, -0.25) is 9.59 Å². The predicted molar refractivity (Wildman–Crippen MR) is 116 cm³/mol. The lowest BCUT2D eigenvalue weighted by molar-refractivity contribution is -0.132. The lowest BCUT2D eigenvalue weighted by Crippen LogP contribution is -2.38. The Morgan fingerprint density at radius 3 is 2.34 bits per heavy atom. The highest BCUT2D eigenvalue weighted by Gasteiger charge is 2.24. The summed E-state index contributed by atoms with van der Waals surface area (Å²) >= 11 is 0. The first kappa shape index (κ1) is 19.4. The molecule has 1 fully saturated rings. The number of nitrogens with zero attached hydrogens (tertiary/aromatic N) is 2. The van der Waals surface area contributed by atoms with Crippen molar-refractivity contribution in [3.05, 3.63) is 71.9 Å². The molecule has 1 amide bonds. The number of ketones is 1. The van der Waals surface area contributed by atoms with Crippen LogP contribution >= 0.6 is 0 Å². The number of carbonyl (C=O) groups is 2. The fourth-order valence-corrected chi connectivity index (χ4v) is 4.43. The van der Waals surface area contributed by atoms with Crippen LogP contribution in [0.4, 0.5) is 0 Å². The van der Waals surface area contributed by atoms with Crippen LogP contribution in [0.2, 0.25) is 0 Å². The van der Waals surface area contributed by atoms with E-state index in [1.54, 1.807) is 0 Å². The average molecular weight is 389 g/mol. The third-order valence-electron chi connectivity index (χ3n) is 6.11. The monoisotopic (exact) mass is 388 g/mol. The third-order valence-corrected chi connectivity index (χ3v) is 6.11. The average Bonchev–Trinajstić information content (AvgIpc) is 3.17. The van der Waals surface area contributed by atoms with Gasteiger partial charge in [0.25, 0.3) is 0 Å². The van der Waals surface area contributed by atoms with E-state index in [0.29, 0.717) is 12.3 Å². The second-order valence-corrected chi connectivity index (χ2v) is 7.83. The minimum atomic E-state index is 0.0564. The van der Waals surface area contributed by atoms with E-state index in [1.807, 2.05) is 41.4 Å². The highest BCUT2D eigenvalue weighted by atomic mass is 16.2. The molecule has 4 heteroatoms. The van der Waals surface area contributed by atoms with Crippen LogP contribution in [0.3, 0.4) is 0 Å². The van der Waals surface area contributed by atoms with Gasteiger partial charge in [-0.25, -0.2) is 0 Å². The number of aromatic nitrogens is 1. The number of Topliss-reactive ketones (excluding diaryl/α,β-unsaturated/α-hetero) is 1. The van der Waals surface area contributed by atoms with Gasteiger partial charge in [0.2, 0.25) is 5.91 Å². The van der Waals surface area contributed by atoms with E-state index >= 15 is 0 Å². The lowest BCUT2D eigenvalue weighted by atomic mass is 9.89. The van der Waals surface area contributed by atoms with Crippen LogP contribution in [0.1, 0.15) is 54.4 Å². The molecule has 29 heavy (non-hydrogen) atoms. The van der Waals surface area contributed by atoms with Crippen molar-refractivity contribution >= 4 is 22.6 Å². The van der Waals surface area contributed by atoms with Crippen molar-refractivity contribution in [2.24, 2.45) is 0 Å². The van der Waals surface area contributed by atoms with Gasteiger partial charge < -0.3 is 9.47 Å². The Kier molecular flexibility index (Phi) is 5.79. The van der Waals surface area contributed by atoms with Gasteiger partial charge in [-0.2, -0.15) is 0 Å². The fraction of sp³-hybridized carbons (Fsp3) is 0.360. The number of hydrogen-bond acceptors (Lipinski definition) is 2. The number of benzene rings is 2. The Labute approximate surface area is 172 Å². The van der Waals surface area contributed by atoms with Gasteiger partial charge >= 0.3 is 0 Å². The Morgan fingerprint density at radius 1 is 0.931 bits per heavy atom. The molecule has 4 nitrogen and oxygen atoms in total. The second kappa shape index (κ2) is 8.64. The topological polar surface area (TPSA) is 42.3 Å². The smallest absolute Gasteiger partial charge is 0.223 e. The summed E-state index contributed by atoms with van der Waals surface area (Å²) in [6.07, 6.45) is 4.49. The molecule has 1 aliphatic heterocycles. The van der Waals surface area contributed by atoms with Crippen molar-refractivity contribution in [1.82, 2.24) is 9.47 Å². The number of para-hydroxylation sites is 1. The number of aryl methyl sites for hydroxylation is 1. The van der Waals surface area contributed by atoms with Gasteiger partial charge in [-0.15, -0.1) is 0 Å². The molecule has 0 spiro atoms. The molecule has 0 radical (unpaired) electrons. The first-order valence-electron chi connectivity index (χ1n) is 10.6. The Morgan fingerprint density at radius 2 is 1.62 bits per heavy atom. The Hall–Kier alpha value is -2.88. The lowest BCUT2D eigenvalue weighted by Gasteiger charge is -2.32. The highest BCUT2D eigenvalue weighted by molar-refractivity contribution is 6.08. The summed E-state index contributed by atoms with van der Waals surface area (Å²) in [6, 6.07) is 18.5. The molecule has 0 atom stereocenters. The molecule has 1 aliphatic rings. The van der Waals surface area contributed by atoms with Crippen LogP contribution in [-0.4, -0.2) is 34.2 Å². The van der Waals surface area contributed by atoms with Gasteiger partial charge in [-0.05, 0) is 37.3 Å². The molecule has 0 saturated carbocycles. The normalized spacial score (nSPS) is 15.0. The van der Waals surface area contributed by atoms with E-state index < -0.39 is 0 Å². The molecule has 0 aliphatic carbocycles. The van der Waals surface area contributed by atoms with Crippen molar-refractivity contribution in [1.29, 1.82) is 0 Å². The van der Waals surface area contributed by atoms with Gasteiger partial charge in [0, 0.05) is 55.1 Å². The van der Waals surface area contributed by atoms with E-state index in [2.05, 4.69) is 35.8 Å². The summed E-state index contributed by atoms with van der Waals surface area (Å²) in [6.45, 7) is 4.45. The zero-order chi connectivity index (χ0) is 20.2. The largest absolute Gasteiger partial charge is 0.347 e. The maximum atomic E-state index is 12.8. The van der Waals surface area contributed by atoms with Crippen molar-refractivity contribution in [3.63, 3.8) is 0 Å². The summed E-state index contributed by atoms with van der Waals surface area (Å²) in [5.74, 6) is 0.687. The second-order valence-electron chi connectivity index (χ2n) is 7.83. The molecule has 2 aromatic carbocycles. The van der Waals surface area contributed by atoms with Crippen molar-refractivity contribution in [2.75, 3.05) is 13.1 Å². The van der Waals surface area contributed by atoms with E-state index in [1.165, 1.54) is 5.56 Å². The molecule has 1 aromatic heterocycles. The van der Waals surface area contributed by atoms with Gasteiger partial charge in [-0.1, -0.05) is 48.5 Å². The highest BCUT2D eigenvalue weighted by Crippen LogP contribution is 2.28. The van der Waals surface area contributed by atoms with Crippen LogP contribution < -0.4 is 0 Å². The number of rotatable bonds is 6. The quantitative estimate of drug-likeness (QED) is 0.556. The predicted octanol–water partition coefficient (Wildman–Crippen LogP) is 5.03. The summed E-state index contributed by atoms with van der Waals surface area (Å²) in [4.78, 5) is 27.4. The minimum Gasteiger partial charge on any atom is -0.347 e. The summed E-state index contributed by atoms with van der Waals surface area (Å²) < 4.78 is 2.10. The van der Waals surface area contributed by atoms with Crippen LogP contribution in [0.15, 0.2) is 60.8 Å². The van der Waals surface area contributed by atoms with Crippen LogP contribution in [0.25, 0.3) is 10.9 Å². The molecular formula is C25H28N2O2. The molecule has 0 unspecified atom stereocenters. The van der Waals surface area contributed by atoms with Crippen molar-refractivity contribution in [2.45, 2.75) is 45.1 Å². The number of amides is 1. The molecule has 2 heterocycles. The molecule has 1 saturated heterocycles. The number of hydrogen-bond donors (Lipinski definition) is 0. The molecule has 0 bridgehead atoms. The zero-order valence-corrected chi connectivity index (χ0v) is 17.0. The number of carbonyl (C=O) groups excluding carboxylic acids is 2. The standard InChI is InChI=1S/C25H28N2O2/c1-2-26-18-22(21-10-6-7-11-23(21)26)24(28)12-13-25(29)27-16-14-20(15-17-27)19-8-4-3-5-9-19/h3-11,18,20H,2,12-17H2,1H3. The Bertz CT molecular complexity index is 998. The number of fused-ring (bicyclic) bond motifs is 1. The Balaban J connectivity index is 1.34. The van der Waals surface area contributed by atoms with E-state index in [0.717, 1.165) is 48.9 Å².